The van der Waals surface area contributed by atoms with Gasteiger partial charge in [0.1, 0.15) is 17.2 Å². The normalized spacial score (nSPS) is 10.4. The van der Waals surface area contributed by atoms with Crippen LogP contribution in [0.3, 0.4) is 0 Å². The second kappa shape index (κ2) is 5.45. The topological polar surface area (TPSA) is 60.7 Å². The van der Waals surface area contributed by atoms with Crippen molar-refractivity contribution in [2.75, 3.05) is 0 Å². The summed E-state index contributed by atoms with van der Waals surface area (Å²) in [5.41, 5.74) is 1.72. The SMILES string of the molecule is Oc1cc(O)c(CCCc2ccccc2)c(O)c1. The highest BCUT2D eigenvalue weighted by Gasteiger charge is 2.09. The van der Waals surface area contributed by atoms with Crippen molar-refractivity contribution in [1.29, 1.82) is 0 Å². The molecule has 0 amide bonds. The molecule has 3 N–H and O–H groups in total. The van der Waals surface area contributed by atoms with Crippen LogP contribution in [0.15, 0.2) is 42.5 Å². The second-order valence-electron chi connectivity index (χ2n) is 4.30. The van der Waals surface area contributed by atoms with Crippen molar-refractivity contribution < 1.29 is 15.3 Å². The number of hydrogen-bond acceptors (Lipinski definition) is 3. The van der Waals surface area contributed by atoms with Crippen LogP contribution in [0.5, 0.6) is 17.2 Å². The summed E-state index contributed by atoms with van der Waals surface area (Å²) in [6.07, 6.45) is 2.29. The average Bonchev–Trinajstić information content (AvgIpc) is 2.34. The van der Waals surface area contributed by atoms with Crippen LogP contribution in [0.1, 0.15) is 17.5 Å². The molecule has 3 heteroatoms. The van der Waals surface area contributed by atoms with Gasteiger partial charge in [-0.15, -0.1) is 0 Å². The molecule has 0 aliphatic rings. The molecule has 0 fully saturated rings. The summed E-state index contributed by atoms with van der Waals surface area (Å²) in [4.78, 5) is 0. The Morgan fingerprint density at radius 1 is 0.778 bits per heavy atom. The van der Waals surface area contributed by atoms with Gasteiger partial charge in [-0.25, -0.2) is 0 Å². The van der Waals surface area contributed by atoms with Gasteiger partial charge in [0.25, 0.3) is 0 Å². The first-order valence-electron chi connectivity index (χ1n) is 5.94. The van der Waals surface area contributed by atoms with Crippen LogP contribution in [0.4, 0.5) is 0 Å². The van der Waals surface area contributed by atoms with Crippen LogP contribution >= 0.6 is 0 Å². The van der Waals surface area contributed by atoms with Crippen LogP contribution in [0.2, 0.25) is 0 Å². The number of phenols is 3. The van der Waals surface area contributed by atoms with Gasteiger partial charge in [0.05, 0.1) is 0 Å². The summed E-state index contributed by atoms with van der Waals surface area (Å²) in [6.45, 7) is 0. The molecule has 0 saturated carbocycles. The fraction of sp³-hybridized carbons (Fsp3) is 0.200. The fourth-order valence-electron chi connectivity index (χ4n) is 2.00. The van der Waals surface area contributed by atoms with E-state index >= 15 is 0 Å². The van der Waals surface area contributed by atoms with E-state index in [-0.39, 0.29) is 17.2 Å². The van der Waals surface area contributed by atoms with Gasteiger partial charge in [0, 0.05) is 17.7 Å². The second-order valence-corrected chi connectivity index (χ2v) is 4.30. The molecule has 0 aliphatic heterocycles. The minimum atomic E-state index is -0.128. The summed E-state index contributed by atoms with van der Waals surface area (Å²) < 4.78 is 0. The fourth-order valence-corrected chi connectivity index (χ4v) is 2.00. The van der Waals surface area contributed by atoms with E-state index < -0.39 is 0 Å². The first kappa shape index (κ1) is 12.3. The lowest BCUT2D eigenvalue weighted by Gasteiger charge is -2.08. The van der Waals surface area contributed by atoms with Gasteiger partial charge in [0.2, 0.25) is 0 Å². The average molecular weight is 244 g/mol. The number of rotatable bonds is 4. The molecule has 0 aliphatic carbocycles. The maximum absolute atomic E-state index is 9.65. The van der Waals surface area contributed by atoms with Crippen molar-refractivity contribution in [1.82, 2.24) is 0 Å². The third-order valence-corrected chi connectivity index (χ3v) is 2.92. The summed E-state index contributed by atoms with van der Waals surface area (Å²) in [5, 5.41) is 28.5. The lowest BCUT2D eigenvalue weighted by molar-refractivity contribution is 0.418. The molecule has 0 heterocycles. The molecule has 2 aromatic carbocycles. The van der Waals surface area contributed by atoms with Gasteiger partial charge in [-0.3, -0.25) is 0 Å². The van der Waals surface area contributed by atoms with Crippen LogP contribution in [0, 0.1) is 0 Å². The summed E-state index contributed by atoms with van der Waals surface area (Å²) in [7, 11) is 0. The van der Waals surface area contributed by atoms with Gasteiger partial charge in [-0.1, -0.05) is 30.3 Å². The van der Waals surface area contributed by atoms with Gasteiger partial charge in [0.15, 0.2) is 0 Å². The molecule has 0 bridgehead atoms. The van der Waals surface area contributed by atoms with Crippen molar-refractivity contribution in [2.45, 2.75) is 19.3 Å². The highest BCUT2D eigenvalue weighted by atomic mass is 16.3. The molecule has 2 aromatic rings. The van der Waals surface area contributed by atoms with Crippen molar-refractivity contribution >= 4 is 0 Å². The third-order valence-electron chi connectivity index (χ3n) is 2.92. The van der Waals surface area contributed by atoms with E-state index in [2.05, 4.69) is 12.1 Å². The van der Waals surface area contributed by atoms with Crippen molar-refractivity contribution in [3.8, 4) is 17.2 Å². The Hall–Kier alpha value is -2.16. The van der Waals surface area contributed by atoms with E-state index in [4.69, 9.17) is 0 Å². The summed E-state index contributed by atoms with van der Waals surface area (Å²) in [5.74, 6) is -0.238. The molecule has 0 unspecified atom stereocenters. The van der Waals surface area contributed by atoms with Crippen LogP contribution in [-0.2, 0) is 12.8 Å². The van der Waals surface area contributed by atoms with E-state index in [9.17, 15) is 15.3 Å². The Labute approximate surface area is 106 Å². The lowest BCUT2D eigenvalue weighted by atomic mass is 10.0. The lowest BCUT2D eigenvalue weighted by Crippen LogP contribution is -1.91. The molecule has 18 heavy (non-hydrogen) atoms. The molecule has 3 nitrogen and oxygen atoms in total. The van der Waals surface area contributed by atoms with Gasteiger partial charge < -0.3 is 15.3 Å². The Bertz CT molecular complexity index is 498. The quantitative estimate of drug-likeness (QED) is 0.774. The van der Waals surface area contributed by atoms with Crippen LogP contribution in [0.25, 0.3) is 0 Å². The number of aromatic hydroxyl groups is 3. The number of aryl methyl sites for hydroxylation is 1. The maximum Gasteiger partial charge on any atom is 0.126 e. The monoisotopic (exact) mass is 244 g/mol. The molecular formula is C15H16O3. The predicted octanol–water partition coefficient (Wildman–Crippen LogP) is 2.98. The van der Waals surface area contributed by atoms with E-state index in [1.807, 2.05) is 18.2 Å². The minimum Gasteiger partial charge on any atom is -0.508 e. The molecule has 2 rings (SSSR count). The summed E-state index contributed by atoms with van der Waals surface area (Å²) >= 11 is 0. The van der Waals surface area contributed by atoms with Crippen LogP contribution in [-0.4, -0.2) is 15.3 Å². The first-order chi connectivity index (χ1) is 8.66. The zero-order valence-corrected chi connectivity index (χ0v) is 10.0. The summed E-state index contributed by atoms with van der Waals surface area (Å²) in [6, 6.07) is 12.6. The van der Waals surface area contributed by atoms with E-state index in [1.54, 1.807) is 0 Å². The van der Waals surface area contributed by atoms with E-state index in [1.165, 1.54) is 17.7 Å². The minimum absolute atomic E-state index is 0.0550. The Morgan fingerprint density at radius 3 is 2.00 bits per heavy atom. The first-order valence-corrected chi connectivity index (χ1v) is 5.94. The van der Waals surface area contributed by atoms with Gasteiger partial charge >= 0.3 is 0 Å². The van der Waals surface area contributed by atoms with Gasteiger partial charge in [-0.05, 0) is 24.8 Å². The van der Waals surface area contributed by atoms with E-state index in [0.29, 0.717) is 12.0 Å². The largest absolute Gasteiger partial charge is 0.508 e. The van der Waals surface area contributed by atoms with Crippen molar-refractivity contribution in [2.24, 2.45) is 0 Å². The van der Waals surface area contributed by atoms with E-state index in [0.717, 1.165) is 12.8 Å². The van der Waals surface area contributed by atoms with Crippen molar-refractivity contribution in [3.05, 3.63) is 53.6 Å². The third kappa shape index (κ3) is 2.94. The zero-order valence-electron chi connectivity index (χ0n) is 10.0. The molecule has 0 spiro atoms. The van der Waals surface area contributed by atoms with Crippen LogP contribution < -0.4 is 0 Å². The molecule has 94 valence electrons. The Morgan fingerprint density at radius 2 is 1.39 bits per heavy atom. The highest BCUT2D eigenvalue weighted by molar-refractivity contribution is 5.48. The maximum atomic E-state index is 9.65. The standard InChI is InChI=1S/C15H16O3/c16-12-9-14(17)13(15(18)10-12)8-4-7-11-5-2-1-3-6-11/h1-3,5-6,9-10,16-18H,4,7-8H2. The highest BCUT2D eigenvalue weighted by Crippen LogP contribution is 2.32. The van der Waals surface area contributed by atoms with Gasteiger partial charge in [-0.2, -0.15) is 0 Å². The molecular weight excluding hydrogens is 228 g/mol. The smallest absolute Gasteiger partial charge is 0.126 e. The molecule has 0 saturated heterocycles. The molecule has 0 atom stereocenters. The Balaban J connectivity index is 1.99. The number of phenolic OH excluding ortho intramolecular Hbond substituents is 3. The Kier molecular flexibility index (Phi) is 3.72. The zero-order chi connectivity index (χ0) is 13.0. The molecule has 0 radical (unpaired) electrons. The number of hydrogen-bond donors (Lipinski definition) is 3. The van der Waals surface area contributed by atoms with Crippen molar-refractivity contribution in [3.63, 3.8) is 0 Å². The molecule has 0 aromatic heterocycles. The predicted molar refractivity (Wildman–Crippen MR) is 69.9 cm³/mol. The number of benzene rings is 2.